The lowest BCUT2D eigenvalue weighted by molar-refractivity contribution is -0.197. The maximum absolute atomic E-state index is 10.7. The molecule has 1 N–H and O–H groups in total. The van der Waals surface area contributed by atoms with E-state index in [0.717, 1.165) is 25.9 Å². The zero-order valence-electron chi connectivity index (χ0n) is 12.0. The van der Waals surface area contributed by atoms with Crippen LogP contribution < -0.4 is 0 Å². The number of hydrogen-bond acceptors (Lipinski definition) is 2. The van der Waals surface area contributed by atoms with Crippen molar-refractivity contribution in [3.63, 3.8) is 0 Å². The van der Waals surface area contributed by atoms with Crippen molar-refractivity contribution in [2.75, 3.05) is 6.61 Å². The molecule has 1 aliphatic rings. The van der Waals surface area contributed by atoms with Crippen LogP contribution in [0.5, 0.6) is 0 Å². The zero-order valence-corrected chi connectivity index (χ0v) is 12.0. The molecule has 1 saturated carbocycles. The number of rotatable bonds is 4. The standard InChI is InChI=1S/C15H28O2/c1-7-8-9-17-12-10-13(2,3)15(6,16)14(4,5)11-12/h7,12,16H,1,8-11H2,2-6H3. The molecule has 2 heteroatoms. The van der Waals surface area contributed by atoms with Gasteiger partial charge in [-0.25, -0.2) is 0 Å². The van der Waals surface area contributed by atoms with Gasteiger partial charge in [0.05, 0.1) is 18.3 Å². The molecule has 1 rings (SSSR count). The molecule has 0 aromatic heterocycles. The lowest BCUT2D eigenvalue weighted by atomic mass is 9.54. The Morgan fingerprint density at radius 1 is 1.18 bits per heavy atom. The lowest BCUT2D eigenvalue weighted by Gasteiger charge is -2.56. The van der Waals surface area contributed by atoms with Gasteiger partial charge in [0.1, 0.15) is 0 Å². The Kier molecular flexibility index (Phi) is 4.10. The molecule has 0 saturated heterocycles. The van der Waals surface area contributed by atoms with E-state index in [1.54, 1.807) is 0 Å². The molecule has 0 atom stereocenters. The molecule has 0 amide bonds. The fraction of sp³-hybridized carbons (Fsp3) is 0.867. The minimum Gasteiger partial charge on any atom is -0.389 e. The Labute approximate surface area is 106 Å². The highest BCUT2D eigenvalue weighted by atomic mass is 16.5. The van der Waals surface area contributed by atoms with E-state index in [0.29, 0.717) is 0 Å². The fourth-order valence-electron chi connectivity index (χ4n) is 2.96. The molecular weight excluding hydrogens is 212 g/mol. The molecule has 2 nitrogen and oxygen atoms in total. The third-order valence-corrected chi connectivity index (χ3v) is 4.79. The van der Waals surface area contributed by atoms with Gasteiger partial charge in [-0.3, -0.25) is 0 Å². The first kappa shape index (κ1) is 14.7. The maximum Gasteiger partial charge on any atom is 0.0722 e. The van der Waals surface area contributed by atoms with Crippen molar-refractivity contribution in [2.45, 2.75) is 65.6 Å². The van der Waals surface area contributed by atoms with Crippen LogP contribution in [0.3, 0.4) is 0 Å². The molecule has 0 aromatic carbocycles. The van der Waals surface area contributed by atoms with Crippen LogP contribution >= 0.6 is 0 Å². The Morgan fingerprint density at radius 2 is 1.65 bits per heavy atom. The first-order valence-electron chi connectivity index (χ1n) is 6.59. The van der Waals surface area contributed by atoms with Gasteiger partial charge in [-0.05, 0) is 37.0 Å². The van der Waals surface area contributed by atoms with Crippen molar-refractivity contribution in [1.29, 1.82) is 0 Å². The molecule has 0 aliphatic heterocycles. The van der Waals surface area contributed by atoms with Crippen LogP contribution in [0.2, 0.25) is 0 Å². The molecule has 100 valence electrons. The van der Waals surface area contributed by atoms with E-state index in [9.17, 15) is 5.11 Å². The van der Waals surface area contributed by atoms with E-state index < -0.39 is 5.60 Å². The number of aliphatic hydroxyl groups is 1. The fourth-order valence-corrected chi connectivity index (χ4v) is 2.96. The summed E-state index contributed by atoms with van der Waals surface area (Å²) in [5.41, 5.74) is -0.889. The van der Waals surface area contributed by atoms with Gasteiger partial charge >= 0.3 is 0 Å². The first-order chi connectivity index (χ1) is 7.64. The third-order valence-electron chi connectivity index (χ3n) is 4.79. The quantitative estimate of drug-likeness (QED) is 0.601. The Morgan fingerprint density at radius 3 is 2.06 bits per heavy atom. The molecular formula is C15H28O2. The third kappa shape index (κ3) is 2.74. The minimum atomic E-state index is -0.654. The summed E-state index contributed by atoms with van der Waals surface area (Å²) in [6, 6.07) is 0. The predicted molar refractivity (Wildman–Crippen MR) is 72.0 cm³/mol. The minimum absolute atomic E-state index is 0.117. The van der Waals surface area contributed by atoms with Crippen LogP contribution in [0.1, 0.15) is 53.9 Å². The van der Waals surface area contributed by atoms with E-state index in [1.165, 1.54) is 0 Å². The molecule has 1 fully saturated rings. The summed E-state index contributed by atoms with van der Waals surface area (Å²) in [6.45, 7) is 15.0. The highest BCUT2D eigenvalue weighted by Gasteiger charge is 2.55. The molecule has 0 spiro atoms. The second kappa shape index (κ2) is 4.74. The van der Waals surface area contributed by atoms with Crippen LogP contribution in [0, 0.1) is 10.8 Å². The average Bonchev–Trinajstić information content (AvgIpc) is 2.14. The molecule has 17 heavy (non-hydrogen) atoms. The average molecular weight is 240 g/mol. The van der Waals surface area contributed by atoms with E-state index >= 15 is 0 Å². The van der Waals surface area contributed by atoms with Crippen molar-refractivity contribution in [3.05, 3.63) is 12.7 Å². The van der Waals surface area contributed by atoms with Crippen molar-refractivity contribution in [2.24, 2.45) is 10.8 Å². The van der Waals surface area contributed by atoms with Crippen LogP contribution in [0.15, 0.2) is 12.7 Å². The van der Waals surface area contributed by atoms with E-state index in [1.807, 2.05) is 13.0 Å². The van der Waals surface area contributed by atoms with Gasteiger partial charge in [-0.15, -0.1) is 6.58 Å². The summed E-state index contributed by atoms with van der Waals surface area (Å²) >= 11 is 0. The van der Waals surface area contributed by atoms with Gasteiger partial charge < -0.3 is 9.84 Å². The Hall–Kier alpha value is -0.340. The SMILES string of the molecule is C=CCCOC1CC(C)(C)C(C)(O)C(C)(C)C1. The van der Waals surface area contributed by atoms with Gasteiger partial charge in [0.15, 0.2) is 0 Å². The maximum atomic E-state index is 10.7. The molecule has 0 heterocycles. The molecule has 0 aromatic rings. The normalized spacial score (nSPS) is 35.5. The summed E-state index contributed by atoms with van der Waals surface area (Å²) in [6.07, 6.45) is 4.87. The van der Waals surface area contributed by atoms with Crippen molar-refractivity contribution in [3.8, 4) is 0 Å². The number of ether oxygens (including phenoxy) is 1. The largest absolute Gasteiger partial charge is 0.389 e. The highest BCUT2D eigenvalue weighted by Crippen LogP contribution is 2.54. The van der Waals surface area contributed by atoms with Crippen LogP contribution in [-0.2, 0) is 4.74 Å². The van der Waals surface area contributed by atoms with E-state index in [4.69, 9.17) is 4.74 Å². The Bertz CT molecular complexity index is 257. The molecule has 1 aliphatic carbocycles. The van der Waals surface area contributed by atoms with Crippen molar-refractivity contribution < 1.29 is 9.84 Å². The topological polar surface area (TPSA) is 29.5 Å². The summed E-state index contributed by atoms with van der Waals surface area (Å²) in [5, 5.41) is 10.7. The highest BCUT2D eigenvalue weighted by molar-refractivity contribution is 5.06. The monoisotopic (exact) mass is 240 g/mol. The van der Waals surface area contributed by atoms with Crippen molar-refractivity contribution in [1.82, 2.24) is 0 Å². The van der Waals surface area contributed by atoms with Gasteiger partial charge in [-0.2, -0.15) is 0 Å². The second-order valence-electron chi connectivity index (χ2n) is 6.82. The molecule has 0 radical (unpaired) electrons. The number of hydrogen-bond donors (Lipinski definition) is 1. The lowest BCUT2D eigenvalue weighted by Crippen LogP contribution is -2.59. The van der Waals surface area contributed by atoms with Gasteiger partial charge in [0, 0.05) is 0 Å². The molecule has 0 bridgehead atoms. The summed E-state index contributed by atoms with van der Waals surface area (Å²) in [4.78, 5) is 0. The second-order valence-corrected chi connectivity index (χ2v) is 6.82. The Balaban J connectivity index is 2.74. The summed E-state index contributed by atoms with van der Waals surface area (Å²) in [5.74, 6) is 0. The van der Waals surface area contributed by atoms with Gasteiger partial charge in [-0.1, -0.05) is 33.8 Å². The van der Waals surface area contributed by atoms with E-state index in [2.05, 4.69) is 34.3 Å². The van der Waals surface area contributed by atoms with Crippen LogP contribution in [-0.4, -0.2) is 23.4 Å². The van der Waals surface area contributed by atoms with Crippen LogP contribution in [0.25, 0.3) is 0 Å². The van der Waals surface area contributed by atoms with Gasteiger partial charge in [0.2, 0.25) is 0 Å². The predicted octanol–water partition coefficient (Wildman–Crippen LogP) is 3.54. The zero-order chi connectivity index (χ0) is 13.3. The van der Waals surface area contributed by atoms with E-state index in [-0.39, 0.29) is 16.9 Å². The smallest absolute Gasteiger partial charge is 0.0722 e. The summed E-state index contributed by atoms with van der Waals surface area (Å²) < 4.78 is 5.91. The summed E-state index contributed by atoms with van der Waals surface area (Å²) in [7, 11) is 0. The van der Waals surface area contributed by atoms with Crippen molar-refractivity contribution >= 4 is 0 Å². The van der Waals surface area contributed by atoms with Crippen LogP contribution in [0.4, 0.5) is 0 Å². The first-order valence-corrected chi connectivity index (χ1v) is 6.59. The van der Waals surface area contributed by atoms with Gasteiger partial charge in [0.25, 0.3) is 0 Å². The molecule has 0 unspecified atom stereocenters.